The molecule has 136 valence electrons. The number of hydrogen-bond donors (Lipinski definition) is 2. The first-order chi connectivity index (χ1) is 12.3. The summed E-state index contributed by atoms with van der Waals surface area (Å²) >= 11 is 0. The van der Waals surface area contributed by atoms with Crippen LogP contribution in [-0.4, -0.2) is 40.4 Å². The summed E-state index contributed by atoms with van der Waals surface area (Å²) in [5.74, 6) is -1.74. The van der Waals surface area contributed by atoms with Crippen molar-refractivity contribution >= 4 is 23.5 Å². The Kier molecular flexibility index (Phi) is 6.11. The van der Waals surface area contributed by atoms with Crippen LogP contribution in [0.4, 0.5) is 5.69 Å². The van der Waals surface area contributed by atoms with Crippen molar-refractivity contribution in [3.63, 3.8) is 0 Å². The van der Waals surface area contributed by atoms with Gasteiger partial charge in [0.05, 0.1) is 0 Å². The average Bonchev–Trinajstić information content (AvgIpc) is 2.61. The van der Waals surface area contributed by atoms with E-state index in [2.05, 4.69) is 5.32 Å². The molecule has 0 spiro atoms. The fourth-order valence-electron chi connectivity index (χ4n) is 2.47. The lowest BCUT2D eigenvalue weighted by Crippen LogP contribution is -2.40. The number of nitrogens with zero attached hydrogens (tertiary/aromatic N) is 1. The predicted molar refractivity (Wildman–Crippen MR) is 99.4 cm³/mol. The number of amides is 2. The summed E-state index contributed by atoms with van der Waals surface area (Å²) in [7, 11) is 0. The zero-order valence-corrected chi connectivity index (χ0v) is 15.0. The number of nitrogens with one attached hydrogen (secondary N) is 1. The Morgan fingerprint density at radius 2 is 1.69 bits per heavy atom. The molecule has 2 N–H and O–H groups in total. The third-order valence-corrected chi connectivity index (χ3v) is 3.96. The summed E-state index contributed by atoms with van der Waals surface area (Å²) < 4.78 is 0. The van der Waals surface area contributed by atoms with E-state index in [1.807, 2.05) is 13.0 Å². The third kappa shape index (κ3) is 4.69. The monoisotopic (exact) mass is 354 g/mol. The molecule has 0 heterocycles. The lowest BCUT2D eigenvalue weighted by atomic mass is 10.1. The van der Waals surface area contributed by atoms with Crippen LogP contribution in [0.25, 0.3) is 0 Å². The maximum absolute atomic E-state index is 12.7. The van der Waals surface area contributed by atoms with Crippen LogP contribution in [0.2, 0.25) is 0 Å². The van der Waals surface area contributed by atoms with Gasteiger partial charge in [0.1, 0.15) is 6.54 Å². The zero-order valence-electron chi connectivity index (χ0n) is 15.0. The maximum Gasteiger partial charge on any atom is 0.323 e. The van der Waals surface area contributed by atoms with Gasteiger partial charge in [-0.25, -0.2) is 0 Å². The summed E-state index contributed by atoms with van der Waals surface area (Å²) in [6.07, 6.45) is 0. The van der Waals surface area contributed by atoms with E-state index in [1.165, 1.54) is 4.90 Å². The number of benzene rings is 2. The van der Waals surface area contributed by atoms with Crippen molar-refractivity contribution in [2.45, 2.75) is 26.8 Å². The number of carboxylic acids is 1. The highest BCUT2D eigenvalue weighted by atomic mass is 16.4. The van der Waals surface area contributed by atoms with Gasteiger partial charge >= 0.3 is 5.97 Å². The highest BCUT2D eigenvalue weighted by Crippen LogP contribution is 2.20. The molecule has 0 unspecified atom stereocenters. The quantitative estimate of drug-likeness (QED) is 0.834. The Labute approximate surface area is 152 Å². The molecule has 0 aliphatic heterocycles. The molecule has 26 heavy (non-hydrogen) atoms. The van der Waals surface area contributed by atoms with E-state index in [0.717, 1.165) is 5.56 Å². The van der Waals surface area contributed by atoms with E-state index in [9.17, 15) is 14.4 Å². The molecule has 0 aromatic heterocycles. The van der Waals surface area contributed by atoms with E-state index in [1.54, 1.807) is 56.3 Å². The van der Waals surface area contributed by atoms with Gasteiger partial charge in [-0.2, -0.15) is 0 Å². The number of anilines is 1. The number of hydrogen-bond acceptors (Lipinski definition) is 3. The van der Waals surface area contributed by atoms with Gasteiger partial charge in [0.25, 0.3) is 11.8 Å². The van der Waals surface area contributed by atoms with Gasteiger partial charge in [-0.15, -0.1) is 0 Å². The molecule has 2 aromatic carbocycles. The summed E-state index contributed by atoms with van der Waals surface area (Å²) in [5.41, 5.74) is 2.16. The van der Waals surface area contributed by atoms with Crippen LogP contribution >= 0.6 is 0 Å². The topological polar surface area (TPSA) is 86.7 Å². The van der Waals surface area contributed by atoms with Crippen LogP contribution in [0.3, 0.4) is 0 Å². The number of carbonyl (C=O) groups excluding carboxylic acids is 2. The van der Waals surface area contributed by atoms with Gasteiger partial charge < -0.3 is 15.3 Å². The summed E-state index contributed by atoms with van der Waals surface area (Å²) in [5, 5.41) is 11.8. The van der Waals surface area contributed by atoms with Crippen molar-refractivity contribution < 1.29 is 19.5 Å². The highest BCUT2D eigenvalue weighted by molar-refractivity contribution is 6.05. The second-order valence-corrected chi connectivity index (χ2v) is 6.27. The van der Waals surface area contributed by atoms with Crippen molar-refractivity contribution in [1.29, 1.82) is 0 Å². The maximum atomic E-state index is 12.7. The lowest BCUT2D eigenvalue weighted by molar-refractivity contribution is -0.138. The molecule has 0 aliphatic carbocycles. The zero-order chi connectivity index (χ0) is 19.3. The Balaban J connectivity index is 2.27. The molecule has 6 heteroatoms. The third-order valence-electron chi connectivity index (χ3n) is 3.96. The van der Waals surface area contributed by atoms with Crippen molar-refractivity contribution in [3.05, 3.63) is 65.2 Å². The summed E-state index contributed by atoms with van der Waals surface area (Å²) in [6.45, 7) is 4.96. The fraction of sp³-hybridized carbons (Fsp3) is 0.250. The van der Waals surface area contributed by atoms with E-state index >= 15 is 0 Å². The van der Waals surface area contributed by atoms with Crippen molar-refractivity contribution in [2.75, 3.05) is 11.9 Å². The molecule has 0 saturated carbocycles. The Morgan fingerprint density at radius 3 is 2.27 bits per heavy atom. The lowest BCUT2D eigenvalue weighted by Gasteiger charge is -2.25. The first kappa shape index (κ1) is 19.2. The smallest absolute Gasteiger partial charge is 0.323 e. The first-order valence-corrected chi connectivity index (χ1v) is 8.29. The number of carbonyl (C=O) groups is 3. The first-order valence-electron chi connectivity index (χ1n) is 8.29. The fourth-order valence-corrected chi connectivity index (χ4v) is 2.47. The van der Waals surface area contributed by atoms with Crippen LogP contribution in [0.15, 0.2) is 48.5 Å². The molecule has 2 amide bonds. The van der Waals surface area contributed by atoms with Gasteiger partial charge in [0.2, 0.25) is 0 Å². The van der Waals surface area contributed by atoms with Crippen LogP contribution < -0.4 is 5.32 Å². The summed E-state index contributed by atoms with van der Waals surface area (Å²) in [4.78, 5) is 37.3. The Bertz CT molecular complexity index is 816. The second kappa shape index (κ2) is 8.29. The van der Waals surface area contributed by atoms with Crippen LogP contribution in [0.5, 0.6) is 0 Å². The minimum absolute atomic E-state index is 0.262. The van der Waals surface area contributed by atoms with Gasteiger partial charge in [-0.1, -0.05) is 24.3 Å². The second-order valence-electron chi connectivity index (χ2n) is 6.27. The van der Waals surface area contributed by atoms with Crippen LogP contribution in [-0.2, 0) is 4.79 Å². The van der Waals surface area contributed by atoms with Crippen LogP contribution in [0, 0.1) is 6.92 Å². The number of rotatable bonds is 6. The predicted octanol–water partition coefficient (Wildman–Crippen LogP) is 3.18. The molecule has 0 atom stereocenters. The molecule has 6 nitrogen and oxygen atoms in total. The number of aliphatic carboxylic acids is 1. The number of aryl methyl sites for hydroxylation is 1. The molecule has 0 aliphatic rings. The van der Waals surface area contributed by atoms with Gasteiger partial charge in [0.15, 0.2) is 0 Å². The molecular formula is C20H22N2O4. The molecular weight excluding hydrogens is 332 g/mol. The molecule has 0 fully saturated rings. The largest absolute Gasteiger partial charge is 0.480 e. The summed E-state index contributed by atoms with van der Waals surface area (Å²) in [6, 6.07) is 13.4. The Morgan fingerprint density at radius 1 is 1.04 bits per heavy atom. The highest BCUT2D eigenvalue weighted by Gasteiger charge is 2.22. The van der Waals surface area contributed by atoms with E-state index in [-0.39, 0.29) is 18.5 Å². The molecule has 2 rings (SSSR count). The molecule has 0 radical (unpaired) electrons. The molecule has 2 aromatic rings. The van der Waals surface area contributed by atoms with Gasteiger partial charge in [-0.05, 0) is 50.6 Å². The Hall–Kier alpha value is -3.15. The standard InChI is InChI=1S/C20H22N2O4/c1-13(2)22(12-18(23)24)20(26)16-10-9-14(3)17(11-16)21-19(25)15-7-5-4-6-8-15/h4-11,13H,12H2,1-3H3,(H,21,25)(H,23,24). The SMILES string of the molecule is Cc1ccc(C(=O)N(CC(=O)O)C(C)C)cc1NC(=O)c1ccccc1. The van der Waals surface area contributed by atoms with E-state index in [4.69, 9.17) is 5.11 Å². The average molecular weight is 354 g/mol. The van der Waals surface area contributed by atoms with Crippen molar-refractivity contribution in [2.24, 2.45) is 0 Å². The van der Waals surface area contributed by atoms with Crippen LogP contribution in [0.1, 0.15) is 40.1 Å². The number of carboxylic acid groups (broad SMARTS) is 1. The van der Waals surface area contributed by atoms with E-state index < -0.39 is 11.9 Å². The molecule has 0 saturated heterocycles. The minimum atomic E-state index is -1.07. The van der Waals surface area contributed by atoms with Crippen molar-refractivity contribution in [3.8, 4) is 0 Å². The minimum Gasteiger partial charge on any atom is -0.480 e. The normalized spacial score (nSPS) is 10.5. The van der Waals surface area contributed by atoms with Gasteiger partial charge in [-0.3, -0.25) is 14.4 Å². The molecule has 0 bridgehead atoms. The van der Waals surface area contributed by atoms with Gasteiger partial charge in [0, 0.05) is 22.9 Å². The van der Waals surface area contributed by atoms with E-state index in [0.29, 0.717) is 16.8 Å². The van der Waals surface area contributed by atoms with Crippen molar-refractivity contribution in [1.82, 2.24) is 4.90 Å².